The second-order valence-electron chi connectivity index (χ2n) is 4.53. The van der Waals surface area contributed by atoms with Gasteiger partial charge in [-0.05, 0) is 13.3 Å². The van der Waals surface area contributed by atoms with Gasteiger partial charge in [-0.15, -0.1) is 0 Å². The Balaban J connectivity index is 2.92. The Bertz CT molecular complexity index is 115. The standard InChI is InChI=1S/C13H28O2/c1-3-4-5-6-7-8-9-10-11-12-13(2)15-14/h13-14H,3-12H2,1-2H3. The predicted molar refractivity (Wildman–Crippen MR) is 65.0 cm³/mol. The summed E-state index contributed by atoms with van der Waals surface area (Å²) in [6.07, 6.45) is 13.1. The molecule has 92 valence electrons. The van der Waals surface area contributed by atoms with Crippen LogP contribution in [0, 0.1) is 0 Å². The van der Waals surface area contributed by atoms with E-state index in [1.54, 1.807) is 0 Å². The van der Waals surface area contributed by atoms with Crippen LogP contribution in [0.4, 0.5) is 0 Å². The maximum Gasteiger partial charge on any atom is 0.0899 e. The molecule has 0 radical (unpaired) electrons. The summed E-state index contributed by atoms with van der Waals surface area (Å²) in [7, 11) is 0. The van der Waals surface area contributed by atoms with Gasteiger partial charge in [-0.1, -0.05) is 64.7 Å². The van der Waals surface area contributed by atoms with Gasteiger partial charge in [-0.25, -0.2) is 4.89 Å². The molecule has 0 saturated heterocycles. The van der Waals surface area contributed by atoms with E-state index in [2.05, 4.69) is 11.8 Å². The van der Waals surface area contributed by atoms with Crippen molar-refractivity contribution in [3.05, 3.63) is 0 Å². The maximum atomic E-state index is 8.36. The average Bonchev–Trinajstić information content (AvgIpc) is 2.26. The molecule has 0 aliphatic heterocycles. The number of hydrogen-bond donors (Lipinski definition) is 1. The fourth-order valence-corrected chi connectivity index (χ4v) is 1.80. The van der Waals surface area contributed by atoms with Crippen LogP contribution in [0.3, 0.4) is 0 Å². The van der Waals surface area contributed by atoms with Crippen LogP contribution < -0.4 is 0 Å². The molecule has 0 bridgehead atoms. The number of hydrogen-bond acceptors (Lipinski definition) is 2. The molecule has 2 heteroatoms. The Morgan fingerprint density at radius 3 is 1.80 bits per heavy atom. The van der Waals surface area contributed by atoms with Crippen molar-refractivity contribution in [3.63, 3.8) is 0 Å². The molecule has 0 aromatic carbocycles. The molecule has 0 aromatic heterocycles. The Kier molecular flexibility index (Phi) is 11.9. The summed E-state index contributed by atoms with van der Waals surface area (Å²) in [5, 5.41) is 8.36. The first-order valence-corrected chi connectivity index (χ1v) is 6.61. The largest absolute Gasteiger partial charge is 0.252 e. The lowest BCUT2D eigenvalue weighted by molar-refractivity contribution is -0.275. The second kappa shape index (κ2) is 12.0. The van der Waals surface area contributed by atoms with E-state index in [0.717, 1.165) is 6.42 Å². The summed E-state index contributed by atoms with van der Waals surface area (Å²) in [4.78, 5) is 4.22. The molecule has 0 spiro atoms. The molecule has 0 fully saturated rings. The minimum Gasteiger partial charge on any atom is -0.252 e. The summed E-state index contributed by atoms with van der Waals surface area (Å²) >= 11 is 0. The topological polar surface area (TPSA) is 29.5 Å². The van der Waals surface area contributed by atoms with E-state index in [1.807, 2.05) is 6.92 Å². The third-order valence-corrected chi connectivity index (χ3v) is 2.89. The molecule has 0 saturated carbocycles. The molecule has 1 atom stereocenters. The molecule has 0 rings (SSSR count). The van der Waals surface area contributed by atoms with Gasteiger partial charge in [0.2, 0.25) is 0 Å². The fourth-order valence-electron chi connectivity index (χ4n) is 1.80. The highest BCUT2D eigenvalue weighted by Crippen LogP contribution is 2.11. The molecule has 0 heterocycles. The van der Waals surface area contributed by atoms with Crippen molar-refractivity contribution in [2.45, 2.75) is 84.2 Å². The van der Waals surface area contributed by atoms with Crippen molar-refractivity contribution >= 4 is 0 Å². The van der Waals surface area contributed by atoms with Crippen LogP contribution in [0.2, 0.25) is 0 Å². The highest BCUT2D eigenvalue weighted by Gasteiger charge is 1.99. The van der Waals surface area contributed by atoms with Gasteiger partial charge in [-0.3, -0.25) is 5.26 Å². The molecule has 0 aliphatic carbocycles. The van der Waals surface area contributed by atoms with E-state index in [0.29, 0.717) is 0 Å². The van der Waals surface area contributed by atoms with E-state index >= 15 is 0 Å². The van der Waals surface area contributed by atoms with Gasteiger partial charge in [0.25, 0.3) is 0 Å². The van der Waals surface area contributed by atoms with Crippen LogP contribution in [0.15, 0.2) is 0 Å². The zero-order valence-electron chi connectivity index (χ0n) is 10.5. The average molecular weight is 216 g/mol. The van der Waals surface area contributed by atoms with E-state index in [4.69, 9.17) is 5.26 Å². The van der Waals surface area contributed by atoms with Gasteiger partial charge in [0.15, 0.2) is 0 Å². The van der Waals surface area contributed by atoms with Crippen molar-refractivity contribution in [1.29, 1.82) is 0 Å². The number of unbranched alkanes of at least 4 members (excludes halogenated alkanes) is 8. The normalized spacial score (nSPS) is 13.0. The first kappa shape index (κ1) is 14.9. The summed E-state index contributed by atoms with van der Waals surface area (Å²) in [6, 6.07) is 0. The minimum absolute atomic E-state index is 0.00885. The van der Waals surface area contributed by atoms with Crippen molar-refractivity contribution in [3.8, 4) is 0 Å². The highest BCUT2D eigenvalue weighted by atomic mass is 17.1. The molecular weight excluding hydrogens is 188 g/mol. The fraction of sp³-hybridized carbons (Fsp3) is 1.00. The summed E-state index contributed by atoms with van der Waals surface area (Å²) < 4.78 is 0. The van der Waals surface area contributed by atoms with Crippen molar-refractivity contribution in [2.75, 3.05) is 0 Å². The van der Waals surface area contributed by atoms with Gasteiger partial charge in [-0.2, -0.15) is 0 Å². The first-order chi connectivity index (χ1) is 7.31. The van der Waals surface area contributed by atoms with Crippen LogP contribution >= 0.6 is 0 Å². The molecule has 15 heavy (non-hydrogen) atoms. The zero-order chi connectivity index (χ0) is 11.4. The van der Waals surface area contributed by atoms with Crippen LogP contribution in [0.1, 0.15) is 78.1 Å². The summed E-state index contributed by atoms with van der Waals surface area (Å²) in [5.74, 6) is 0. The second-order valence-corrected chi connectivity index (χ2v) is 4.53. The molecular formula is C13H28O2. The van der Waals surface area contributed by atoms with Gasteiger partial charge in [0.1, 0.15) is 0 Å². The number of rotatable bonds is 11. The van der Waals surface area contributed by atoms with Gasteiger partial charge < -0.3 is 0 Å². The SMILES string of the molecule is CCCCCCCCCCCC(C)OO. The van der Waals surface area contributed by atoms with Gasteiger partial charge >= 0.3 is 0 Å². The van der Waals surface area contributed by atoms with Gasteiger partial charge in [0, 0.05) is 0 Å². The Morgan fingerprint density at radius 1 is 0.867 bits per heavy atom. The highest BCUT2D eigenvalue weighted by molar-refractivity contribution is 4.50. The van der Waals surface area contributed by atoms with Crippen LogP contribution in [-0.4, -0.2) is 11.4 Å². The third-order valence-electron chi connectivity index (χ3n) is 2.89. The third kappa shape index (κ3) is 11.8. The van der Waals surface area contributed by atoms with Gasteiger partial charge in [0.05, 0.1) is 6.10 Å². The van der Waals surface area contributed by atoms with E-state index in [-0.39, 0.29) is 6.10 Å². The lowest BCUT2D eigenvalue weighted by atomic mass is 10.1. The monoisotopic (exact) mass is 216 g/mol. The van der Waals surface area contributed by atoms with Crippen molar-refractivity contribution < 1.29 is 10.1 Å². The van der Waals surface area contributed by atoms with Crippen LogP contribution in [-0.2, 0) is 4.89 Å². The smallest absolute Gasteiger partial charge is 0.0899 e. The Hall–Kier alpha value is -0.0800. The van der Waals surface area contributed by atoms with Crippen molar-refractivity contribution in [1.82, 2.24) is 0 Å². The molecule has 2 nitrogen and oxygen atoms in total. The predicted octanol–water partition coefficient (Wildman–Crippen LogP) is 4.79. The maximum absolute atomic E-state index is 8.36. The molecule has 0 aliphatic rings. The van der Waals surface area contributed by atoms with E-state index in [1.165, 1.54) is 57.8 Å². The zero-order valence-corrected chi connectivity index (χ0v) is 10.5. The van der Waals surface area contributed by atoms with Crippen molar-refractivity contribution in [2.24, 2.45) is 0 Å². The Labute approximate surface area is 95.0 Å². The quantitative estimate of drug-likeness (QED) is 0.306. The minimum atomic E-state index is 0.00885. The molecule has 0 amide bonds. The van der Waals surface area contributed by atoms with Crippen LogP contribution in [0.25, 0.3) is 0 Å². The lowest BCUT2D eigenvalue weighted by Crippen LogP contribution is -2.04. The van der Waals surface area contributed by atoms with E-state index in [9.17, 15) is 0 Å². The lowest BCUT2D eigenvalue weighted by Gasteiger charge is -2.06. The first-order valence-electron chi connectivity index (χ1n) is 6.61. The van der Waals surface area contributed by atoms with E-state index < -0.39 is 0 Å². The molecule has 0 aromatic rings. The molecule has 1 N–H and O–H groups in total. The van der Waals surface area contributed by atoms with Crippen LogP contribution in [0.5, 0.6) is 0 Å². The summed E-state index contributed by atoms with van der Waals surface area (Å²) in [5.41, 5.74) is 0. The molecule has 1 unspecified atom stereocenters. The Morgan fingerprint density at radius 2 is 1.33 bits per heavy atom. The summed E-state index contributed by atoms with van der Waals surface area (Å²) in [6.45, 7) is 4.16.